The second kappa shape index (κ2) is 5.96. The van der Waals surface area contributed by atoms with Gasteiger partial charge in [-0.15, -0.1) is 18.9 Å². The third-order valence-electron chi connectivity index (χ3n) is 2.16. The lowest BCUT2D eigenvalue weighted by atomic mass is 9.79. The first-order valence-corrected chi connectivity index (χ1v) is 4.69. The predicted octanol–water partition coefficient (Wildman–Crippen LogP) is 1.31. The zero-order chi connectivity index (χ0) is 12.8. The van der Waals surface area contributed by atoms with Gasteiger partial charge in [0.1, 0.15) is 0 Å². The second-order valence-corrected chi connectivity index (χ2v) is 3.58. The van der Waals surface area contributed by atoms with Crippen LogP contribution in [0.15, 0.2) is 12.2 Å². The molecule has 4 nitrogen and oxygen atoms in total. The van der Waals surface area contributed by atoms with Crippen LogP contribution in [0.1, 0.15) is 19.8 Å². The number of ether oxygens (including phenoxy) is 2. The van der Waals surface area contributed by atoms with Gasteiger partial charge in [-0.25, -0.2) is 0 Å². The summed E-state index contributed by atoms with van der Waals surface area (Å²) >= 11 is 0. The summed E-state index contributed by atoms with van der Waals surface area (Å²) in [5.41, 5.74) is -0.810. The van der Waals surface area contributed by atoms with Crippen molar-refractivity contribution in [3.63, 3.8) is 0 Å². The molecule has 0 fully saturated rings. The molecule has 0 unspecified atom stereocenters. The maximum atomic E-state index is 11.7. The minimum absolute atomic E-state index is 0.0702. The number of carbonyl (C=O) groups excluding carboxylic acids is 2. The van der Waals surface area contributed by atoms with Crippen molar-refractivity contribution in [2.24, 2.45) is 5.41 Å². The van der Waals surface area contributed by atoms with Gasteiger partial charge in [0.05, 0.1) is 14.2 Å². The molecule has 0 spiro atoms. The summed E-state index contributed by atoms with van der Waals surface area (Å²) in [6.45, 7) is 5.38. The molecule has 0 saturated heterocycles. The summed E-state index contributed by atoms with van der Waals surface area (Å²) in [6, 6.07) is 0. The molecule has 0 aromatic carbocycles. The standard InChI is InChI=1S/C12H16O4/c1-6-7-12(8-9(2)3,10(13)15-4)11(14)16-5/h1H,2,7-8H2,3-5H3. The zero-order valence-corrected chi connectivity index (χ0v) is 9.83. The Hall–Kier alpha value is -1.76. The maximum Gasteiger partial charge on any atom is 0.324 e. The Morgan fingerprint density at radius 2 is 1.75 bits per heavy atom. The van der Waals surface area contributed by atoms with E-state index in [9.17, 15) is 9.59 Å². The van der Waals surface area contributed by atoms with Crippen LogP contribution in [0.2, 0.25) is 0 Å². The average molecular weight is 224 g/mol. The van der Waals surface area contributed by atoms with Crippen molar-refractivity contribution in [1.82, 2.24) is 0 Å². The molecule has 16 heavy (non-hydrogen) atoms. The quantitative estimate of drug-likeness (QED) is 0.306. The summed E-state index contributed by atoms with van der Waals surface area (Å²) in [5.74, 6) is 0.913. The molecule has 0 aliphatic rings. The molecule has 88 valence electrons. The van der Waals surface area contributed by atoms with Gasteiger partial charge < -0.3 is 9.47 Å². The van der Waals surface area contributed by atoms with Crippen LogP contribution in [-0.2, 0) is 19.1 Å². The minimum Gasteiger partial charge on any atom is -0.468 e. The number of hydrogen-bond donors (Lipinski definition) is 0. The smallest absolute Gasteiger partial charge is 0.324 e. The molecule has 0 aliphatic heterocycles. The van der Waals surface area contributed by atoms with Crippen molar-refractivity contribution in [1.29, 1.82) is 0 Å². The molecule has 0 amide bonds. The van der Waals surface area contributed by atoms with E-state index in [4.69, 9.17) is 6.42 Å². The highest BCUT2D eigenvalue weighted by atomic mass is 16.5. The first-order chi connectivity index (χ1) is 7.44. The fourth-order valence-electron chi connectivity index (χ4n) is 1.51. The number of methoxy groups -OCH3 is 2. The van der Waals surface area contributed by atoms with E-state index in [0.717, 1.165) is 0 Å². The average Bonchev–Trinajstić information content (AvgIpc) is 2.25. The Balaban J connectivity index is 5.39. The van der Waals surface area contributed by atoms with Crippen molar-refractivity contribution in [2.75, 3.05) is 14.2 Å². The Morgan fingerprint density at radius 1 is 1.31 bits per heavy atom. The lowest BCUT2D eigenvalue weighted by Crippen LogP contribution is -2.41. The molecule has 0 saturated carbocycles. The van der Waals surface area contributed by atoms with Crippen LogP contribution in [0.25, 0.3) is 0 Å². The van der Waals surface area contributed by atoms with E-state index in [1.807, 2.05) is 0 Å². The Bertz CT molecular complexity index is 319. The van der Waals surface area contributed by atoms with Crippen LogP contribution in [0, 0.1) is 17.8 Å². The Morgan fingerprint density at radius 3 is 2.00 bits per heavy atom. The van der Waals surface area contributed by atoms with Crippen LogP contribution in [0.5, 0.6) is 0 Å². The molecule has 0 N–H and O–H groups in total. The Labute approximate surface area is 95.6 Å². The number of hydrogen-bond acceptors (Lipinski definition) is 4. The highest BCUT2D eigenvalue weighted by Crippen LogP contribution is 2.32. The lowest BCUT2D eigenvalue weighted by Gasteiger charge is -2.26. The summed E-state index contributed by atoms with van der Waals surface area (Å²) in [4.78, 5) is 23.4. The van der Waals surface area contributed by atoms with Crippen LogP contribution < -0.4 is 0 Å². The van der Waals surface area contributed by atoms with Crippen molar-refractivity contribution in [3.8, 4) is 12.3 Å². The van der Waals surface area contributed by atoms with Gasteiger partial charge in [0.15, 0.2) is 5.41 Å². The molecular weight excluding hydrogens is 208 g/mol. The normalized spacial score (nSPS) is 10.1. The van der Waals surface area contributed by atoms with Gasteiger partial charge in [0, 0.05) is 6.42 Å². The van der Waals surface area contributed by atoms with E-state index in [1.54, 1.807) is 6.92 Å². The van der Waals surface area contributed by atoms with E-state index in [-0.39, 0.29) is 12.8 Å². The van der Waals surface area contributed by atoms with Crippen molar-refractivity contribution in [2.45, 2.75) is 19.8 Å². The van der Waals surface area contributed by atoms with Gasteiger partial charge in [-0.2, -0.15) is 0 Å². The zero-order valence-electron chi connectivity index (χ0n) is 9.83. The van der Waals surface area contributed by atoms with Gasteiger partial charge in [-0.3, -0.25) is 9.59 Å². The fraction of sp³-hybridized carbons (Fsp3) is 0.500. The number of rotatable bonds is 5. The third kappa shape index (κ3) is 2.86. The van der Waals surface area contributed by atoms with Crippen LogP contribution in [-0.4, -0.2) is 26.2 Å². The van der Waals surface area contributed by atoms with Gasteiger partial charge >= 0.3 is 11.9 Å². The maximum absolute atomic E-state index is 11.7. The fourth-order valence-corrected chi connectivity index (χ4v) is 1.51. The van der Waals surface area contributed by atoms with Gasteiger partial charge in [0.2, 0.25) is 0 Å². The topological polar surface area (TPSA) is 52.6 Å². The molecule has 0 aliphatic carbocycles. The number of carbonyl (C=O) groups is 2. The lowest BCUT2D eigenvalue weighted by molar-refractivity contribution is -0.168. The molecule has 0 aromatic heterocycles. The third-order valence-corrected chi connectivity index (χ3v) is 2.16. The van der Waals surface area contributed by atoms with Crippen LogP contribution in [0.4, 0.5) is 0 Å². The molecule has 0 rings (SSSR count). The van der Waals surface area contributed by atoms with Crippen LogP contribution in [0.3, 0.4) is 0 Å². The predicted molar refractivity (Wildman–Crippen MR) is 59.3 cm³/mol. The molecule has 0 radical (unpaired) electrons. The Kier molecular flexibility index (Phi) is 5.31. The number of allylic oxidation sites excluding steroid dienone is 1. The van der Waals surface area contributed by atoms with E-state index in [2.05, 4.69) is 22.0 Å². The van der Waals surface area contributed by atoms with Crippen molar-refractivity contribution >= 4 is 11.9 Å². The molecule has 4 heteroatoms. The van der Waals surface area contributed by atoms with Gasteiger partial charge in [0.25, 0.3) is 0 Å². The largest absolute Gasteiger partial charge is 0.468 e. The second-order valence-electron chi connectivity index (χ2n) is 3.58. The minimum atomic E-state index is -1.47. The first-order valence-electron chi connectivity index (χ1n) is 4.69. The summed E-state index contributed by atoms with van der Waals surface area (Å²) in [7, 11) is 2.41. The van der Waals surface area contributed by atoms with E-state index < -0.39 is 17.4 Å². The van der Waals surface area contributed by atoms with Gasteiger partial charge in [-0.05, 0) is 13.3 Å². The molecule has 0 bridgehead atoms. The highest BCUT2D eigenvalue weighted by Gasteiger charge is 2.47. The van der Waals surface area contributed by atoms with Gasteiger partial charge in [-0.1, -0.05) is 5.57 Å². The first kappa shape index (κ1) is 14.2. The van der Waals surface area contributed by atoms with E-state index in [1.165, 1.54) is 14.2 Å². The molecular formula is C12H16O4. The SMILES string of the molecule is C#CCC(CC(=C)C)(C(=O)OC)C(=O)OC. The molecule has 0 atom stereocenters. The summed E-state index contributed by atoms with van der Waals surface area (Å²) in [6.07, 6.45) is 5.23. The van der Waals surface area contributed by atoms with E-state index in [0.29, 0.717) is 5.57 Å². The van der Waals surface area contributed by atoms with Crippen molar-refractivity contribution in [3.05, 3.63) is 12.2 Å². The number of terminal acetylenes is 1. The number of esters is 2. The molecule has 0 aromatic rings. The monoisotopic (exact) mass is 224 g/mol. The van der Waals surface area contributed by atoms with E-state index >= 15 is 0 Å². The summed E-state index contributed by atoms with van der Waals surface area (Å²) in [5, 5.41) is 0. The molecule has 0 heterocycles. The van der Waals surface area contributed by atoms with Crippen molar-refractivity contribution < 1.29 is 19.1 Å². The summed E-state index contributed by atoms with van der Waals surface area (Å²) < 4.78 is 9.23. The van der Waals surface area contributed by atoms with Crippen LogP contribution >= 0.6 is 0 Å². The highest BCUT2D eigenvalue weighted by molar-refractivity contribution is 6.00.